The molecule has 0 spiro atoms. The fourth-order valence-corrected chi connectivity index (χ4v) is 4.36. The molecular weight excluding hydrogens is 342 g/mol. The van der Waals surface area contributed by atoms with Crippen molar-refractivity contribution in [3.63, 3.8) is 0 Å². The number of halogens is 1. The average molecular weight is 358 g/mol. The molecule has 0 radical (unpaired) electrons. The Morgan fingerprint density at radius 2 is 1.83 bits per heavy atom. The van der Waals surface area contributed by atoms with Crippen LogP contribution >= 0.6 is 22.9 Å². The third-order valence-corrected chi connectivity index (χ3v) is 5.83. The number of hydrazine groups is 1. The van der Waals surface area contributed by atoms with E-state index in [2.05, 4.69) is 28.3 Å². The largest absolute Gasteiger partial charge is 0.335 e. The minimum atomic E-state index is -0.144. The first-order valence-corrected chi connectivity index (χ1v) is 8.96. The van der Waals surface area contributed by atoms with E-state index in [4.69, 9.17) is 11.6 Å². The predicted octanol–water partition coefficient (Wildman–Crippen LogP) is 3.85. The number of benzene rings is 2. The highest BCUT2D eigenvalue weighted by molar-refractivity contribution is 7.21. The molecule has 1 aliphatic heterocycles. The molecule has 3 N–H and O–H groups in total. The second-order valence-corrected chi connectivity index (χ2v) is 7.19. The summed E-state index contributed by atoms with van der Waals surface area (Å²) in [6.07, 6.45) is 0.641. The summed E-state index contributed by atoms with van der Waals surface area (Å²) in [5.41, 5.74) is 7.56. The zero-order valence-corrected chi connectivity index (χ0v) is 14.3. The highest BCUT2D eigenvalue weighted by Gasteiger charge is 2.27. The normalized spacial score (nSPS) is 20.4. The summed E-state index contributed by atoms with van der Waals surface area (Å²) < 4.78 is 1.02. The smallest absolute Gasteiger partial charge is 0.264 e. The standard InChI is InChI=1S/C18H16ClN3OS/c19-16-12-8-4-5-9-14(12)24-17(16)18(23)20-15-10-13(21-22-15)11-6-2-1-3-7-11/h1-9,13,15,21-22H,10H2,(H,20,23). The topological polar surface area (TPSA) is 53.2 Å². The monoisotopic (exact) mass is 357 g/mol. The summed E-state index contributed by atoms with van der Waals surface area (Å²) in [6.45, 7) is 0. The summed E-state index contributed by atoms with van der Waals surface area (Å²) in [6, 6.07) is 18.1. The van der Waals surface area contributed by atoms with E-state index in [9.17, 15) is 4.79 Å². The molecule has 1 amide bonds. The van der Waals surface area contributed by atoms with E-state index in [0.29, 0.717) is 9.90 Å². The van der Waals surface area contributed by atoms with Crippen molar-refractivity contribution in [2.24, 2.45) is 0 Å². The Morgan fingerprint density at radius 1 is 1.08 bits per heavy atom. The van der Waals surface area contributed by atoms with Crippen molar-refractivity contribution >= 4 is 38.9 Å². The van der Waals surface area contributed by atoms with Crippen LogP contribution in [0.1, 0.15) is 27.7 Å². The second-order valence-electron chi connectivity index (χ2n) is 5.76. The van der Waals surface area contributed by atoms with E-state index < -0.39 is 0 Å². The maximum atomic E-state index is 12.6. The SMILES string of the molecule is O=C(NC1CC(c2ccccc2)NN1)c1sc2ccccc2c1Cl. The van der Waals surface area contributed by atoms with Crippen LogP contribution in [0.5, 0.6) is 0 Å². The van der Waals surface area contributed by atoms with Crippen LogP contribution in [0.15, 0.2) is 54.6 Å². The zero-order valence-electron chi connectivity index (χ0n) is 12.8. The second kappa shape index (κ2) is 6.53. The highest BCUT2D eigenvalue weighted by Crippen LogP contribution is 2.35. The third kappa shape index (κ3) is 2.91. The van der Waals surface area contributed by atoms with Crippen molar-refractivity contribution in [1.82, 2.24) is 16.2 Å². The van der Waals surface area contributed by atoms with E-state index in [1.165, 1.54) is 16.9 Å². The van der Waals surface area contributed by atoms with E-state index >= 15 is 0 Å². The Balaban J connectivity index is 1.47. The van der Waals surface area contributed by atoms with Crippen molar-refractivity contribution in [1.29, 1.82) is 0 Å². The van der Waals surface area contributed by atoms with E-state index in [0.717, 1.165) is 16.5 Å². The van der Waals surface area contributed by atoms with E-state index in [1.807, 2.05) is 42.5 Å². The van der Waals surface area contributed by atoms with Gasteiger partial charge in [-0.25, -0.2) is 10.9 Å². The number of rotatable bonds is 3. The van der Waals surface area contributed by atoms with Gasteiger partial charge < -0.3 is 5.32 Å². The summed E-state index contributed by atoms with van der Waals surface area (Å²) in [4.78, 5) is 13.1. The van der Waals surface area contributed by atoms with Crippen LogP contribution in [-0.4, -0.2) is 12.1 Å². The lowest BCUT2D eigenvalue weighted by atomic mass is 10.0. The molecule has 1 aromatic heterocycles. The Bertz CT molecular complexity index is 880. The molecule has 4 nitrogen and oxygen atoms in total. The van der Waals surface area contributed by atoms with Gasteiger partial charge in [-0.1, -0.05) is 60.1 Å². The lowest BCUT2D eigenvalue weighted by Gasteiger charge is -2.11. The fraction of sp³-hybridized carbons (Fsp3) is 0.167. The zero-order chi connectivity index (χ0) is 16.5. The molecule has 3 aromatic rings. The molecule has 1 aliphatic rings. The van der Waals surface area contributed by atoms with Crippen LogP contribution in [0.3, 0.4) is 0 Å². The summed E-state index contributed by atoms with van der Waals surface area (Å²) in [5, 5.41) is 4.46. The third-order valence-electron chi connectivity index (χ3n) is 4.15. The number of thiophene rings is 1. The molecule has 2 aromatic carbocycles. The Morgan fingerprint density at radius 3 is 2.62 bits per heavy atom. The maximum Gasteiger partial charge on any atom is 0.264 e. The molecule has 4 rings (SSSR count). The Labute approximate surface area is 148 Å². The van der Waals surface area contributed by atoms with Gasteiger partial charge in [-0.05, 0) is 11.6 Å². The predicted molar refractivity (Wildman–Crippen MR) is 98.2 cm³/mol. The van der Waals surface area contributed by atoms with Crippen LogP contribution in [-0.2, 0) is 0 Å². The molecule has 0 aliphatic carbocycles. The van der Waals surface area contributed by atoms with Crippen LogP contribution < -0.4 is 16.2 Å². The van der Waals surface area contributed by atoms with Gasteiger partial charge in [0.25, 0.3) is 5.91 Å². The van der Waals surface area contributed by atoms with Crippen molar-refractivity contribution in [3.8, 4) is 0 Å². The van der Waals surface area contributed by atoms with Gasteiger partial charge in [-0.3, -0.25) is 4.79 Å². The molecule has 2 heterocycles. The number of nitrogens with one attached hydrogen (secondary N) is 3. The molecule has 2 atom stereocenters. The highest BCUT2D eigenvalue weighted by atomic mass is 35.5. The van der Waals surface area contributed by atoms with Gasteiger partial charge in [0.15, 0.2) is 0 Å². The summed E-state index contributed by atoms with van der Waals surface area (Å²) >= 11 is 7.80. The minimum absolute atomic E-state index is 0.135. The number of amides is 1. The van der Waals surface area contributed by atoms with Gasteiger partial charge in [-0.2, -0.15) is 0 Å². The van der Waals surface area contributed by atoms with Gasteiger partial charge in [0.2, 0.25) is 0 Å². The Hall–Kier alpha value is -1.92. The number of hydrogen-bond acceptors (Lipinski definition) is 4. The Kier molecular flexibility index (Phi) is 4.24. The number of carbonyl (C=O) groups excluding carboxylic acids is 1. The molecule has 0 bridgehead atoms. The average Bonchev–Trinajstić information content (AvgIpc) is 3.21. The molecule has 1 saturated heterocycles. The summed E-state index contributed by atoms with van der Waals surface area (Å²) in [5.74, 6) is -0.144. The van der Waals surface area contributed by atoms with Gasteiger partial charge in [0.1, 0.15) is 4.88 Å². The number of carbonyl (C=O) groups is 1. The van der Waals surface area contributed by atoms with Crippen LogP contribution in [0.4, 0.5) is 0 Å². The molecule has 6 heteroatoms. The van der Waals surface area contributed by atoms with Gasteiger partial charge in [-0.15, -0.1) is 11.3 Å². The van der Waals surface area contributed by atoms with Crippen LogP contribution in [0.2, 0.25) is 5.02 Å². The van der Waals surface area contributed by atoms with Gasteiger partial charge >= 0.3 is 0 Å². The van der Waals surface area contributed by atoms with Crippen molar-refractivity contribution < 1.29 is 4.79 Å². The van der Waals surface area contributed by atoms with Crippen molar-refractivity contribution in [3.05, 3.63) is 70.1 Å². The van der Waals surface area contributed by atoms with Crippen LogP contribution in [0, 0.1) is 0 Å². The number of hydrogen-bond donors (Lipinski definition) is 3. The van der Waals surface area contributed by atoms with Crippen LogP contribution in [0.25, 0.3) is 10.1 Å². The molecule has 122 valence electrons. The van der Waals surface area contributed by atoms with Crippen molar-refractivity contribution in [2.45, 2.75) is 18.6 Å². The fourth-order valence-electron chi connectivity index (χ4n) is 2.94. The van der Waals surface area contributed by atoms with Gasteiger partial charge in [0, 0.05) is 22.5 Å². The van der Waals surface area contributed by atoms with E-state index in [1.54, 1.807) is 0 Å². The minimum Gasteiger partial charge on any atom is -0.335 e. The first-order chi connectivity index (χ1) is 11.7. The summed E-state index contributed by atoms with van der Waals surface area (Å²) in [7, 11) is 0. The molecule has 24 heavy (non-hydrogen) atoms. The molecule has 2 unspecified atom stereocenters. The molecule has 0 saturated carbocycles. The lowest BCUT2D eigenvalue weighted by Crippen LogP contribution is -2.44. The number of fused-ring (bicyclic) bond motifs is 1. The molecule has 1 fully saturated rings. The first kappa shape index (κ1) is 15.6. The molecular formula is C18H16ClN3OS. The quantitative estimate of drug-likeness (QED) is 0.667. The first-order valence-electron chi connectivity index (χ1n) is 7.76. The van der Waals surface area contributed by atoms with Gasteiger partial charge in [0.05, 0.1) is 11.2 Å². The lowest BCUT2D eigenvalue weighted by molar-refractivity contribution is 0.0936. The maximum absolute atomic E-state index is 12.6. The van der Waals surface area contributed by atoms with E-state index in [-0.39, 0.29) is 18.1 Å². The van der Waals surface area contributed by atoms with Crippen molar-refractivity contribution in [2.75, 3.05) is 0 Å².